The first kappa shape index (κ1) is 13.4. The molecule has 0 aromatic carbocycles. The van der Waals surface area contributed by atoms with E-state index in [0.29, 0.717) is 12.5 Å². The van der Waals surface area contributed by atoms with Gasteiger partial charge in [0.1, 0.15) is 0 Å². The second-order valence-electron chi connectivity index (χ2n) is 3.96. The van der Waals surface area contributed by atoms with Crippen molar-refractivity contribution in [3.63, 3.8) is 0 Å². The average molecular weight is 201 g/mol. The quantitative estimate of drug-likeness (QED) is 0.616. The van der Waals surface area contributed by atoms with Crippen molar-refractivity contribution >= 4 is 5.97 Å². The summed E-state index contributed by atoms with van der Waals surface area (Å²) in [7, 11) is 1.44. The number of rotatable bonds is 6. The normalized spacial score (nSPS) is 13.4. The average Bonchev–Trinajstić information content (AvgIpc) is 2.13. The first-order valence-corrected chi connectivity index (χ1v) is 5.35. The number of ether oxygens (including phenoxy) is 1. The van der Waals surface area contributed by atoms with E-state index < -0.39 is 0 Å². The molecule has 0 aromatic rings. The van der Waals surface area contributed by atoms with Crippen LogP contribution >= 0.6 is 0 Å². The van der Waals surface area contributed by atoms with Crippen molar-refractivity contribution in [2.24, 2.45) is 0 Å². The van der Waals surface area contributed by atoms with Crippen LogP contribution in [0.25, 0.3) is 0 Å². The van der Waals surface area contributed by atoms with E-state index in [1.54, 1.807) is 0 Å². The molecule has 0 N–H and O–H groups in total. The topological polar surface area (TPSA) is 29.5 Å². The van der Waals surface area contributed by atoms with Crippen LogP contribution in [0.5, 0.6) is 0 Å². The third kappa shape index (κ3) is 4.61. The maximum absolute atomic E-state index is 11.1. The lowest BCUT2D eigenvalue weighted by atomic mass is 10.1. The van der Waals surface area contributed by atoms with Crippen molar-refractivity contribution in [3.05, 3.63) is 0 Å². The van der Waals surface area contributed by atoms with E-state index in [-0.39, 0.29) is 12.0 Å². The molecule has 0 amide bonds. The summed E-state index contributed by atoms with van der Waals surface area (Å²) in [5.74, 6) is -0.126. The van der Waals surface area contributed by atoms with E-state index in [1.165, 1.54) is 7.11 Å². The first-order chi connectivity index (χ1) is 6.52. The van der Waals surface area contributed by atoms with Crippen LogP contribution in [-0.2, 0) is 9.53 Å². The Labute approximate surface area is 87.4 Å². The van der Waals surface area contributed by atoms with Crippen LogP contribution in [0.15, 0.2) is 0 Å². The van der Waals surface area contributed by atoms with Gasteiger partial charge in [-0.1, -0.05) is 6.92 Å². The van der Waals surface area contributed by atoms with Crippen LogP contribution in [0.2, 0.25) is 0 Å². The molecule has 3 nitrogen and oxygen atoms in total. The summed E-state index contributed by atoms with van der Waals surface area (Å²) in [5.41, 5.74) is 0. The smallest absolute Gasteiger partial charge is 0.307 e. The molecular formula is C11H23NO2. The van der Waals surface area contributed by atoms with Gasteiger partial charge in [-0.2, -0.15) is 0 Å². The standard InChI is InChI=1S/C11H23NO2/c1-6-7-12(9(2)3)10(4)8-11(13)14-5/h9-10H,6-8H2,1-5H3. The molecule has 0 aliphatic rings. The molecule has 0 fully saturated rings. The zero-order chi connectivity index (χ0) is 11.1. The summed E-state index contributed by atoms with van der Waals surface area (Å²) in [6, 6.07) is 0.747. The molecule has 0 spiro atoms. The zero-order valence-electron chi connectivity index (χ0n) is 10.0. The Bertz CT molecular complexity index is 169. The fourth-order valence-electron chi connectivity index (χ4n) is 1.69. The number of carbonyl (C=O) groups excluding carboxylic acids is 1. The van der Waals surface area contributed by atoms with E-state index in [0.717, 1.165) is 13.0 Å². The van der Waals surface area contributed by atoms with Gasteiger partial charge in [0.25, 0.3) is 0 Å². The van der Waals surface area contributed by atoms with Gasteiger partial charge in [-0.25, -0.2) is 0 Å². The van der Waals surface area contributed by atoms with Crippen LogP contribution < -0.4 is 0 Å². The van der Waals surface area contributed by atoms with Gasteiger partial charge in [-0.05, 0) is 33.7 Å². The molecular weight excluding hydrogens is 178 g/mol. The molecule has 0 aliphatic heterocycles. The fraction of sp³-hybridized carbons (Fsp3) is 0.909. The largest absolute Gasteiger partial charge is 0.469 e. The van der Waals surface area contributed by atoms with E-state index in [9.17, 15) is 4.79 Å². The van der Waals surface area contributed by atoms with Crippen LogP contribution in [0.3, 0.4) is 0 Å². The monoisotopic (exact) mass is 201 g/mol. The van der Waals surface area contributed by atoms with Crippen LogP contribution in [0, 0.1) is 0 Å². The molecule has 0 radical (unpaired) electrons. The summed E-state index contributed by atoms with van der Waals surface area (Å²) < 4.78 is 4.66. The summed E-state index contributed by atoms with van der Waals surface area (Å²) in [5, 5.41) is 0. The predicted octanol–water partition coefficient (Wildman–Crippen LogP) is 2.06. The lowest BCUT2D eigenvalue weighted by Gasteiger charge is -2.31. The number of esters is 1. The van der Waals surface area contributed by atoms with Crippen molar-refractivity contribution in [2.75, 3.05) is 13.7 Å². The third-order valence-electron chi connectivity index (χ3n) is 2.40. The van der Waals surface area contributed by atoms with Gasteiger partial charge in [-0.3, -0.25) is 9.69 Å². The van der Waals surface area contributed by atoms with Gasteiger partial charge in [0.15, 0.2) is 0 Å². The SMILES string of the molecule is CCCN(C(C)C)C(C)CC(=O)OC. The first-order valence-electron chi connectivity index (χ1n) is 5.35. The number of methoxy groups -OCH3 is 1. The van der Waals surface area contributed by atoms with Gasteiger partial charge in [0, 0.05) is 12.1 Å². The number of hydrogen-bond donors (Lipinski definition) is 0. The lowest BCUT2D eigenvalue weighted by Crippen LogP contribution is -2.40. The van der Waals surface area contributed by atoms with E-state index in [1.807, 2.05) is 0 Å². The lowest BCUT2D eigenvalue weighted by molar-refractivity contribution is -0.142. The summed E-state index contributed by atoms with van der Waals surface area (Å²) in [6.45, 7) is 9.58. The van der Waals surface area contributed by atoms with Gasteiger partial charge >= 0.3 is 5.97 Å². The Morgan fingerprint density at radius 3 is 2.29 bits per heavy atom. The molecule has 84 valence electrons. The molecule has 0 rings (SSSR count). The summed E-state index contributed by atoms with van der Waals surface area (Å²) in [6.07, 6.45) is 1.60. The van der Waals surface area contributed by atoms with Crippen molar-refractivity contribution in [1.29, 1.82) is 0 Å². The fourth-order valence-corrected chi connectivity index (χ4v) is 1.69. The van der Waals surface area contributed by atoms with Gasteiger partial charge in [0.05, 0.1) is 13.5 Å². The Kier molecular flexibility index (Phi) is 6.54. The molecule has 0 heterocycles. The highest BCUT2D eigenvalue weighted by Gasteiger charge is 2.18. The van der Waals surface area contributed by atoms with Gasteiger partial charge in [0.2, 0.25) is 0 Å². The molecule has 0 aromatic heterocycles. The second kappa shape index (κ2) is 6.82. The molecule has 0 saturated heterocycles. The number of nitrogens with zero attached hydrogens (tertiary/aromatic N) is 1. The minimum absolute atomic E-state index is 0.126. The molecule has 0 aliphatic carbocycles. The number of hydrogen-bond acceptors (Lipinski definition) is 3. The maximum atomic E-state index is 11.1. The molecule has 0 bridgehead atoms. The molecule has 3 heteroatoms. The van der Waals surface area contributed by atoms with Crippen molar-refractivity contribution in [3.8, 4) is 0 Å². The minimum Gasteiger partial charge on any atom is -0.469 e. The Hall–Kier alpha value is -0.570. The van der Waals surface area contributed by atoms with Gasteiger partial charge < -0.3 is 4.74 Å². The van der Waals surface area contributed by atoms with Crippen LogP contribution in [0.1, 0.15) is 40.5 Å². The summed E-state index contributed by atoms with van der Waals surface area (Å²) in [4.78, 5) is 13.4. The highest BCUT2D eigenvalue weighted by molar-refractivity contribution is 5.69. The molecule has 0 saturated carbocycles. The van der Waals surface area contributed by atoms with Gasteiger partial charge in [-0.15, -0.1) is 0 Å². The maximum Gasteiger partial charge on any atom is 0.307 e. The van der Waals surface area contributed by atoms with Crippen LogP contribution in [-0.4, -0.2) is 36.6 Å². The summed E-state index contributed by atoms with van der Waals surface area (Å²) >= 11 is 0. The Balaban J connectivity index is 4.14. The molecule has 1 unspecified atom stereocenters. The van der Waals surface area contributed by atoms with E-state index in [4.69, 9.17) is 0 Å². The zero-order valence-corrected chi connectivity index (χ0v) is 10.0. The molecule has 1 atom stereocenters. The van der Waals surface area contributed by atoms with Crippen molar-refractivity contribution in [2.45, 2.75) is 52.6 Å². The van der Waals surface area contributed by atoms with Crippen LogP contribution in [0.4, 0.5) is 0 Å². The number of carbonyl (C=O) groups is 1. The second-order valence-corrected chi connectivity index (χ2v) is 3.96. The minimum atomic E-state index is -0.126. The third-order valence-corrected chi connectivity index (χ3v) is 2.40. The van der Waals surface area contributed by atoms with Crippen molar-refractivity contribution in [1.82, 2.24) is 4.90 Å². The Morgan fingerprint density at radius 1 is 1.36 bits per heavy atom. The molecule has 14 heavy (non-hydrogen) atoms. The highest BCUT2D eigenvalue weighted by Crippen LogP contribution is 2.10. The Morgan fingerprint density at radius 2 is 1.93 bits per heavy atom. The van der Waals surface area contributed by atoms with Crippen molar-refractivity contribution < 1.29 is 9.53 Å². The van der Waals surface area contributed by atoms with E-state index in [2.05, 4.69) is 37.3 Å². The van der Waals surface area contributed by atoms with E-state index >= 15 is 0 Å². The highest BCUT2D eigenvalue weighted by atomic mass is 16.5. The predicted molar refractivity (Wildman–Crippen MR) is 58.2 cm³/mol.